The minimum absolute atomic E-state index is 0.136. The van der Waals surface area contributed by atoms with Crippen LogP contribution in [0, 0.1) is 0 Å². The Morgan fingerprint density at radius 1 is 1.35 bits per heavy atom. The molecule has 0 saturated heterocycles. The van der Waals surface area contributed by atoms with Crippen LogP contribution < -0.4 is 15.8 Å². The van der Waals surface area contributed by atoms with Crippen molar-refractivity contribution in [3.8, 4) is 11.5 Å². The molecule has 104 valence electrons. The van der Waals surface area contributed by atoms with Crippen LogP contribution in [0.4, 0.5) is 11.4 Å². The van der Waals surface area contributed by atoms with Gasteiger partial charge in [0.2, 0.25) is 0 Å². The molecule has 5 nitrogen and oxygen atoms in total. The molecular formula is C14H13BrN2O3. The van der Waals surface area contributed by atoms with E-state index in [0.717, 1.165) is 0 Å². The molecule has 0 aliphatic heterocycles. The topological polar surface area (TPSA) is 84.6 Å². The summed E-state index contributed by atoms with van der Waals surface area (Å²) in [6.07, 6.45) is 0. The van der Waals surface area contributed by atoms with Gasteiger partial charge in [-0.2, -0.15) is 0 Å². The molecule has 0 fully saturated rings. The molecule has 2 aromatic carbocycles. The number of carbonyl (C=O) groups excluding carboxylic acids is 1. The van der Waals surface area contributed by atoms with Gasteiger partial charge < -0.3 is 20.9 Å². The Hall–Kier alpha value is -2.21. The third-order valence-electron chi connectivity index (χ3n) is 2.72. The van der Waals surface area contributed by atoms with Crippen LogP contribution in [0.3, 0.4) is 0 Å². The highest BCUT2D eigenvalue weighted by molar-refractivity contribution is 9.10. The van der Waals surface area contributed by atoms with E-state index >= 15 is 0 Å². The Labute approximate surface area is 124 Å². The Morgan fingerprint density at radius 2 is 2.10 bits per heavy atom. The summed E-state index contributed by atoms with van der Waals surface area (Å²) in [5.41, 5.74) is 6.96. The summed E-state index contributed by atoms with van der Waals surface area (Å²) in [5, 5.41) is 12.6. The molecule has 6 heteroatoms. The monoisotopic (exact) mass is 336 g/mol. The van der Waals surface area contributed by atoms with Crippen molar-refractivity contribution < 1.29 is 14.6 Å². The van der Waals surface area contributed by atoms with E-state index < -0.39 is 5.91 Å². The number of halogens is 1. The highest BCUT2D eigenvalue weighted by Crippen LogP contribution is 2.30. The number of methoxy groups -OCH3 is 1. The Morgan fingerprint density at radius 3 is 2.75 bits per heavy atom. The Balaban J connectivity index is 2.26. The predicted molar refractivity (Wildman–Crippen MR) is 81.2 cm³/mol. The molecule has 1 amide bonds. The van der Waals surface area contributed by atoms with Gasteiger partial charge in [0.05, 0.1) is 12.7 Å². The van der Waals surface area contributed by atoms with Gasteiger partial charge in [-0.15, -0.1) is 0 Å². The van der Waals surface area contributed by atoms with E-state index in [9.17, 15) is 9.90 Å². The highest BCUT2D eigenvalue weighted by Gasteiger charge is 2.15. The molecule has 0 spiro atoms. The molecule has 4 N–H and O–H groups in total. The Bertz CT molecular complexity index is 659. The van der Waals surface area contributed by atoms with E-state index in [1.807, 2.05) is 0 Å². The second-order valence-corrected chi connectivity index (χ2v) is 4.90. The molecule has 0 heterocycles. The van der Waals surface area contributed by atoms with Crippen LogP contribution in [0.1, 0.15) is 10.4 Å². The summed E-state index contributed by atoms with van der Waals surface area (Å²) in [4.78, 5) is 12.1. The number of amides is 1. The van der Waals surface area contributed by atoms with Gasteiger partial charge >= 0.3 is 0 Å². The van der Waals surface area contributed by atoms with Crippen molar-refractivity contribution in [2.24, 2.45) is 0 Å². The number of phenolic OH excluding ortho intramolecular Hbond substituents is 1. The number of anilines is 2. The number of para-hydroxylation sites is 1. The van der Waals surface area contributed by atoms with Crippen LogP contribution >= 0.6 is 15.9 Å². The number of nitrogens with one attached hydrogen (secondary N) is 1. The molecule has 0 aliphatic rings. The number of phenols is 1. The summed E-state index contributed by atoms with van der Waals surface area (Å²) in [5.74, 6) is -0.379. The van der Waals surface area contributed by atoms with Crippen LogP contribution in [0.2, 0.25) is 0 Å². The van der Waals surface area contributed by atoms with Gasteiger partial charge in [0.25, 0.3) is 5.91 Å². The van der Waals surface area contributed by atoms with Gasteiger partial charge in [-0.05, 0) is 46.3 Å². The molecule has 0 aromatic heterocycles. The van der Waals surface area contributed by atoms with Gasteiger partial charge in [0, 0.05) is 15.8 Å². The maximum absolute atomic E-state index is 12.1. The first-order chi connectivity index (χ1) is 9.52. The first kappa shape index (κ1) is 14.2. The average Bonchev–Trinajstić information content (AvgIpc) is 2.43. The number of nitrogens with two attached hydrogens (primary N) is 1. The molecule has 0 bridgehead atoms. The number of hydrogen-bond acceptors (Lipinski definition) is 4. The zero-order chi connectivity index (χ0) is 14.7. The number of aromatic hydroxyl groups is 1. The van der Waals surface area contributed by atoms with E-state index in [-0.39, 0.29) is 17.1 Å². The summed E-state index contributed by atoms with van der Waals surface area (Å²) in [6.45, 7) is 0. The Kier molecular flexibility index (Phi) is 4.14. The van der Waals surface area contributed by atoms with Crippen LogP contribution in [0.15, 0.2) is 40.9 Å². The van der Waals surface area contributed by atoms with Crippen LogP contribution in [-0.4, -0.2) is 18.1 Å². The van der Waals surface area contributed by atoms with Crippen molar-refractivity contribution in [3.05, 3.63) is 46.4 Å². The van der Waals surface area contributed by atoms with E-state index in [1.54, 1.807) is 30.3 Å². The zero-order valence-electron chi connectivity index (χ0n) is 10.7. The molecule has 0 aliphatic carbocycles. The molecule has 0 radical (unpaired) electrons. The molecule has 20 heavy (non-hydrogen) atoms. The van der Waals surface area contributed by atoms with Gasteiger partial charge in [0.15, 0.2) is 11.5 Å². The number of nitrogen functional groups attached to an aromatic ring is 1. The second-order valence-electron chi connectivity index (χ2n) is 4.05. The van der Waals surface area contributed by atoms with Crippen molar-refractivity contribution in [3.63, 3.8) is 0 Å². The SMILES string of the molecule is COc1cccc(C(=O)Nc2ccc(N)c(Br)c2)c1O. The lowest BCUT2D eigenvalue weighted by Crippen LogP contribution is -2.12. The fourth-order valence-corrected chi connectivity index (χ4v) is 2.05. The lowest BCUT2D eigenvalue weighted by Gasteiger charge is -2.10. The van der Waals surface area contributed by atoms with Crippen molar-refractivity contribution in [2.45, 2.75) is 0 Å². The molecular weight excluding hydrogens is 324 g/mol. The molecule has 0 unspecified atom stereocenters. The second kappa shape index (κ2) is 5.83. The third kappa shape index (κ3) is 2.85. The number of rotatable bonds is 3. The zero-order valence-corrected chi connectivity index (χ0v) is 12.3. The smallest absolute Gasteiger partial charge is 0.259 e. The van der Waals surface area contributed by atoms with E-state index in [0.29, 0.717) is 15.8 Å². The van der Waals surface area contributed by atoms with Crippen molar-refractivity contribution in [1.82, 2.24) is 0 Å². The quantitative estimate of drug-likeness (QED) is 0.752. The summed E-state index contributed by atoms with van der Waals surface area (Å²) < 4.78 is 5.65. The maximum Gasteiger partial charge on any atom is 0.259 e. The van der Waals surface area contributed by atoms with E-state index in [2.05, 4.69) is 21.2 Å². The fraction of sp³-hybridized carbons (Fsp3) is 0.0714. The largest absolute Gasteiger partial charge is 0.504 e. The number of ether oxygens (including phenoxy) is 1. The third-order valence-corrected chi connectivity index (χ3v) is 3.41. The summed E-state index contributed by atoms with van der Waals surface area (Å²) in [7, 11) is 1.42. The molecule has 2 rings (SSSR count). The fourth-order valence-electron chi connectivity index (χ4n) is 1.67. The number of carbonyl (C=O) groups is 1. The lowest BCUT2D eigenvalue weighted by molar-refractivity contribution is 0.102. The van der Waals surface area contributed by atoms with Gasteiger partial charge in [-0.3, -0.25) is 4.79 Å². The minimum Gasteiger partial charge on any atom is -0.504 e. The summed E-state index contributed by atoms with van der Waals surface area (Å²) >= 11 is 3.28. The first-order valence-corrected chi connectivity index (χ1v) is 6.54. The predicted octanol–water partition coefficient (Wildman–Crippen LogP) is 3.00. The maximum atomic E-state index is 12.1. The molecule has 0 saturated carbocycles. The average molecular weight is 337 g/mol. The normalized spacial score (nSPS) is 10.1. The van der Waals surface area contributed by atoms with Crippen molar-refractivity contribution in [2.75, 3.05) is 18.2 Å². The van der Waals surface area contributed by atoms with Crippen molar-refractivity contribution >= 4 is 33.2 Å². The first-order valence-electron chi connectivity index (χ1n) is 5.75. The lowest BCUT2D eigenvalue weighted by atomic mass is 10.1. The molecule has 0 atom stereocenters. The van der Waals surface area contributed by atoms with Gasteiger partial charge in [-0.1, -0.05) is 6.07 Å². The van der Waals surface area contributed by atoms with Crippen LogP contribution in [0.25, 0.3) is 0 Å². The minimum atomic E-state index is -0.432. The van der Waals surface area contributed by atoms with Crippen molar-refractivity contribution in [1.29, 1.82) is 0 Å². The molecule has 2 aromatic rings. The van der Waals surface area contributed by atoms with E-state index in [4.69, 9.17) is 10.5 Å². The van der Waals surface area contributed by atoms with Crippen LogP contribution in [-0.2, 0) is 0 Å². The number of benzene rings is 2. The van der Waals surface area contributed by atoms with Gasteiger partial charge in [0.1, 0.15) is 0 Å². The van der Waals surface area contributed by atoms with E-state index in [1.165, 1.54) is 13.2 Å². The standard InChI is InChI=1S/C14H13BrN2O3/c1-20-12-4-2-3-9(13(12)18)14(19)17-8-5-6-11(16)10(15)7-8/h2-7,18H,16H2,1H3,(H,17,19). The summed E-state index contributed by atoms with van der Waals surface area (Å²) in [6, 6.07) is 9.75. The van der Waals surface area contributed by atoms with Gasteiger partial charge in [-0.25, -0.2) is 0 Å². The van der Waals surface area contributed by atoms with Crippen LogP contribution in [0.5, 0.6) is 11.5 Å². The number of hydrogen-bond donors (Lipinski definition) is 3. The highest BCUT2D eigenvalue weighted by atomic mass is 79.9.